The van der Waals surface area contributed by atoms with Crippen LogP contribution in [-0.2, 0) is 4.79 Å². The van der Waals surface area contributed by atoms with Gasteiger partial charge in [-0.25, -0.2) is 8.78 Å². The first-order valence-corrected chi connectivity index (χ1v) is 7.56. The van der Waals surface area contributed by atoms with Gasteiger partial charge in [0.1, 0.15) is 11.6 Å². The van der Waals surface area contributed by atoms with Crippen molar-refractivity contribution in [3.63, 3.8) is 0 Å². The van der Waals surface area contributed by atoms with Crippen LogP contribution in [0.2, 0.25) is 0 Å². The van der Waals surface area contributed by atoms with Crippen molar-refractivity contribution < 1.29 is 18.7 Å². The summed E-state index contributed by atoms with van der Waals surface area (Å²) in [6.45, 7) is 1.29. The SMILES string of the molecule is CN(CCC(=O)Nc1cc(F)cc(F)c1)CC1CCCC1O. The molecule has 4 nitrogen and oxygen atoms in total. The lowest BCUT2D eigenvalue weighted by Gasteiger charge is -2.22. The molecule has 0 heterocycles. The second kappa shape index (κ2) is 7.65. The van der Waals surface area contributed by atoms with Crippen molar-refractivity contribution in [3.8, 4) is 0 Å². The molecular weight excluding hydrogens is 290 g/mol. The topological polar surface area (TPSA) is 52.6 Å². The van der Waals surface area contributed by atoms with Crippen LogP contribution in [0.25, 0.3) is 0 Å². The van der Waals surface area contributed by atoms with Gasteiger partial charge in [-0.3, -0.25) is 4.79 Å². The third kappa shape index (κ3) is 5.03. The van der Waals surface area contributed by atoms with Crippen LogP contribution >= 0.6 is 0 Å². The minimum Gasteiger partial charge on any atom is -0.393 e. The van der Waals surface area contributed by atoms with Gasteiger partial charge in [-0.15, -0.1) is 0 Å². The third-order valence-corrected chi connectivity index (χ3v) is 4.03. The van der Waals surface area contributed by atoms with E-state index in [1.54, 1.807) is 0 Å². The second-order valence-corrected chi connectivity index (χ2v) is 5.98. The minimum atomic E-state index is -0.720. The van der Waals surface area contributed by atoms with Crippen molar-refractivity contribution in [2.75, 3.05) is 25.5 Å². The molecule has 1 aromatic rings. The number of rotatable bonds is 6. The van der Waals surface area contributed by atoms with Crippen LogP contribution in [0.5, 0.6) is 0 Å². The molecule has 1 aliphatic carbocycles. The van der Waals surface area contributed by atoms with Gasteiger partial charge in [-0.2, -0.15) is 0 Å². The van der Waals surface area contributed by atoms with Gasteiger partial charge in [0, 0.05) is 31.3 Å². The predicted molar refractivity (Wildman–Crippen MR) is 80.4 cm³/mol. The summed E-state index contributed by atoms with van der Waals surface area (Å²) in [5, 5.41) is 12.3. The van der Waals surface area contributed by atoms with Crippen LogP contribution in [-0.4, -0.2) is 42.2 Å². The number of hydrogen-bond donors (Lipinski definition) is 2. The van der Waals surface area contributed by atoms with E-state index in [1.165, 1.54) is 0 Å². The summed E-state index contributed by atoms with van der Waals surface area (Å²) < 4.78 is 26.1. The molecule has 2 rings (SSSR count). The summed E-state index contributed by atoms with van der Waals surface area (Å²) in [6, 6.07) is 2.93. The molecule has 0 aliphatic heterocycles. The Morgan fingerprint density at radius 3 is 2.59 bits per heavy atom. The number of nitrogens with zero attached hydrogens (tertiary/aromatic N) is 1. The zero-order valence-electron chi connectivity index (χ0n) is 12.7. The molecule has 0 spiro atoms. The van der Waals surface area contributed by atoms with E-state index in [9.17, 15) is 18.7 Å². The molecule has 1 aromatic carbocycles. The lowest BCUT2D eigenvalue weighted by Crippen LogP contribution is -2.32. The van der Waals surface area contributed by atoms with E-state index in [4.69, 9.17) is 0 Å². The average molecular weight is 312 g/mol. The predicted octanol–water partition coefficient (Wildman–Crippen LogP) is 2.39. The molecule has 6 heteroatoms. The number of carbonyl (C=O) groups excluding carboxylic acids is 1. The van der Waals surface area contributed by atoms with E-state index in [1.807, 2.05) is 11.9 Å². The number of amides is 1. The number of aliphatic hydroxyl groups excluding tert-OH is 1. The maximum atomic E-state index is 13.0. The molecule has 0 saturated heterocycles. The molecule has 1 saturated carbocycles. The summed E-state index contributed by atoms with van der Waals surface area (Å²) in [7, 11) is 1.90. The van der Waals surface area contributed by atoms with E-state index in [-0.39, 0.29) is 30.0 Å². The first kappa shape index (κ1) is 16.8. The molecule has 0 radical (unpaired) electrons. The molecule has 2 unspecified atom stereocenters. The summed E-state index contributed by atoms with van der Waals surface area (Å²) in [6.07, 6.45) is 2.90. The smallest absolute Gasteiger partial charge is 0.225 e. The number of aliphatic hydroxyl groups is 1. The van der Waals surface area contributed by atoms with Crippen molar-refractivity contribution in [3.05, 3.63) is 29.8 Å². The molecule has 2 atom stereocenters. The molecule has 2 N–H and O–H groups in total. The number of nitrogens with one attached hydrogen (secondary N) is 1. The van der Waals surface area contributed by atoms with Gasteiger partial charge >= 0.3 is 0 Å². The highest BCUT2D eigenvalue weighted by molar-refractivity contribution is 5.90. The molecule has 122 valence electrons. The lowest BCUT2D eigenvalue weighted by atomic mass is 10.1. The molecule has 1 fully saturated rings. The highest BCUT2D eigenvalue weighted by Gasteiger charge is 2.26. The third-order valence-electron chi connectivity index (χ3n) is 4.03. The van der Waals surface area contributed by atoms with E-state index in [0.29, 0.717) is 6.54 Å². The van der Waals surface area contributed by atoms with Crippen LogP contribution in [0.1, 0.15) is 25.7 Å². The highest BCUT2D eigenvalue weighted by atomic mass is 19.1. The molecule has 1 amide bonds. The minimum absolute atomic E-state index is 0.122. The molecule has 22 heavy (non-hydrogen) atoms. The fourth-order valence-corrected chi connectivity index (χ4v) is 2.86. The van der Waals surface area contributed by atoms with Gasteiger partial charge in [0.05, 0.1) is 6.10 Å². The quantitative estimate of drug-likeness (QED) is 0.848. The van der Waals surface area contributed by atoms with Gasteiger partial charge in [0.25, 0.3) is 0 Å². The Balaban J connectivity index is 1.75. The van der Waals surface area contributed by atoms with Crippen molar-refractivity contribution in [2.24, 2.45) is 5.92 Å². The van der Waals surface area contributed by atoms with E-state index in [0.717, 1.165) is 44.0 Å². The van der Waals surface area contributed by atoms with Crippen LogP contribution in [0.4, 0.5) is 14.5 Å². The fourth-order valence-electron chi connectivity index (χ4n) is 2.86. The molecular formula is C16H22F2N2O2. The monoisotopic (exact) mass is 312 g/mol. The Kier molecular flexibility index (Phi) is 5.85. The summed E-state index contributed by atoms with van der Waals surface area (Å²) in [5.74, 6) is -1.46. The maximum absolute atomic E-state index is 13.0. The normalized spacial score (nSPS) is 21.3. The first-order chi connectivity index (χ1) is 10.4. The average Bonchev–Trinajstić information content (AvgIpc) is 2.81. The Morgan fingerprint density at radius 1 is 1.32 bits per heavy atom. The van der Waals surface area contributed by atoms with E-state index < -0.39 is 11.6 Å². The number of carbonyl (C=O) groups is 1. The zero-order valence-corrected chi connectivity index (χ0v) is 12.7. The van der Waals surface area contributed by atoms with E-state index in [2.05, 4.69) is 5.32 Å². The summed E-state index contributed by atoms with van der Waals surface area (Å²) in [4.78, 5) is 13.8. The molecule has 0 aromatic heterocycles. The Hall–Kier alpha value is -1.53. The van der Waals surface area contributed by atoms with Crippen LogP contribution in [0, 0.1) is 17.6 Å². The Bertz CT molecular complexity index is 505. The van der Waals surface area contributed by atoms with Gasteiger partial charge in [-0.1, -0.05) is 6.42 Å². The molecule has 1 aliphatic rings. The zero-order chi connectivity index (χ0) is 16.1. The van der Waals surface area contributed by atoms with Crippen LogP contribution in [0.3, 0.4) is 0 Å². The first-order valence-electron chi connectivity index (χ1n) is 7.56. The summed E-state index contributed by atoms with van der Waals surface area (Å²) >= 11 is 0. The molecule has 0 bridgehead atoms. The lowest BCUT2D eigenvalue weighted by molar-refractivity contribution is -0.116. The van der Waals surface area contributed by atoms with Gasteiger partial charge in [0.2, 0.25) is 5.91 Å². The Morgan fingerprint density at radius 2 is 2.00 bits per heavy atom. The van der Waals surface area contributed by atoms with Crippen LogP contribution < -0.4 is 5.32 Å². The number of anilines is 1. The van der Waals surface area contributed by atoms with Crippen molar-refractivity contribution in [1.82, 2.24) is 4.90 Å². The van der Waals surface area contributed by atoms with E-state index >= 15 is 0 Å². The van der Waals surface area contributed by atoms with Crippen molar-refractivity contribution in [1.29, 1.82) is 0 Å². The van der Waals surface area contributed by atoms with Gasteiger partial charge in [-0.05, 0) is 37.9 Å². The maximum Gasteiger partial charge on any atom is 0.225 e. The van der Waals surface area contributed by atoms with Gasteiger partial charge < -0.3 is 15.3 Å². The van der Waals surface area contributed by atoms with Crippen LogP contribution in [0.15, 0.2) is 18.2 Å². The number of hydrogen-bond acceptors (Lipinski definition) is 3. The summed E-state index contributed by atoms with van der Waals surface area (Å²) in [5.41, 5.74) is 0.122. The highest BCUT2D eigenvalue weighted by Crippen LogP contribution is 2.25. The van der Waals surface area contributed by atoms with Crippen molar-refractivity contribution >= 4 is 11.6 Å². The van der Waals surface area contributed by atoms with Crippen molar-refractivity contribution in [2.45, 2.75) is 31.8 Å². The van der Waals surface area contributed by atoms with Gasteiger partial charge in [0.15, 0.2) is 0 Å². The second-order valence-electron chi connectivity index (χ2n) is 5.98. The number of benzene rings is 1. The largest absolute Gasteiger partial charge is 0.393 e. The number of halogens is 2. The Labute approximate surface area is 129 Å². The fraction of sp³-hybridized carbons (Fsp3) is 0.562. The standard InChI is InChI=1S/C16H22F2N2O2/c1-20(10-11-3-2-4-15(11)21)6-5-16(22)19-14-8-12(17)7-13(18)9-14/h7-9,11,15,21H,2-6,10H2,1H3,(H,19,22).